The van der Waals surface area contributed by atoms with Gasteiger partial charge in [-0.25, -0.2) is 0 Å². The van der Waals surface area contributed by atoms with Gasteiger partial charge in [-0.2, -0.15) is 13.2 Å². The zero-order valence-electron chi connectivity index (χ0n) is 7.88. The number of hydrogen-bond donors (Lipinski definition) is 1. The van der Waals surface area contributed by atoms with E-state index in [9.17, 15) is 18.0 Å². The highest BCUT2D eigenvalue weighted by Gasteiger charge is 2.35. The summed E-state index contributed by atoms with van der Waals surface area (Å²) in [6.45, 7) is 0. The van der Waals surface area contributed by atoms with Crippen LogP contribution in [0.4, 0.5) is 18.9 Å². The van der Waals surface area contributed by atoms with Crippen molar-refractivity contribution in [3.63, 3.8) is 0 Å². The molecule has 1 N–H and O–H groups in total. The van der Waals surface area contributed by atoms with Crippen molar-refractivity contribution in [1.82, 2.24) is 0 Å². The molecule has 0 amide bonds. The second kappa shape index (κ2) is 5.16. The first kappa shape index (κ1) is 12.8. The summed E-state index contributed by atoms with van der Waals surface area (Å²) in [7, 11) is 0. The number of para-hydroxylation sites is 1. The number of rotatable bonds is 3. The number of anilines is 1. The molecule has 0 spiro atoms. The molecule has 1 aromatic rings. The molecule has 2 nitrogen and oxygen atoms in total. The van der Waals surface area contributed by atoms with E-state index in [1.165, 1.54) is 0 Å². The molecular weight excluding hydrogens is 287 g/mol. The van der Waals surface area contributed by atoms with Gasteiger partial charge in [-0.05, 0) is 28.1 Å². The second-order valence-electron chi connectivity index (χ2n) is 2.82. The molecule has 0 atom stereocenters. The van der Waals surface area contributed by atoms with Crippen LogP contribution in [0.2, 0.25) is 0 Å². The fourth-order valence-electron chi connectivity index (χ4n) is 0.880. The molecule has 0 saturated heterocycles. The molecule has 0 aliphatic rings. The van der Waals surface area contributed by atoms with Crippen molar-refractivity contribution in [2.75, 3.05) is 5.32 Å². The van der Waals surface area contributed by atoms with Crippen molar-refractivity contribution < 1.29 is 18.0 Å². The van der Waals surface area contributed by atoms with Gasteiger partial charge >= 0.3 is 6.18 Å². The summed E-state index contributed by atoms with van der Waals surface area (Å²) in [5.41, 5.74) is 0.578. The molecule has 0 fully saturated rings. The molecule has 0 bridgehead atoms. The van der Waals surface area contributed by atoms with E-state index in [2.05, 4.69) is 21.2 Å². The number of halogens is 4. The molecule has 0 radical (unpaired) electrons. The lowest BCUT2D eigenvalue weighted by Gasteiger charge is -2.03. The van der Waals surface area contributed by atoms with Crippen molar-refractivity contribution in [3.05, 3.63) is 41.0 Å². The van der Waals surface area contributed by atoms with Crippen molar-refractivity contribution in [2.45, 2.75) is 6.18 Å². The molecular formula is C10H7BrF3NO. The third-order valence-electron chi connectivity index (χ3n) is 1.63. The molecule has 1 rings (SSSR count). The monoisotopic (exact) mass is 293 g/mol. The predicted octanol–water partition coefficient (Wildman–Crippen LogP) is 3.51. The normalized spacial score (nSPS) is 11.8. The maximum Gasteiger partial charge on any atom is 0.454 e. The van der Waals surface area contributed by atoms with Crippen LogP contribution in [0.1, 0.15) is 0 Å². The third-order valence-corrected chi connectivity index (χ3v) is 2.32. The van der Waals surface area contributed by atoms with E-state index in [0.29, 0.717) is 16.2 Å². The summed E-state index contributed by atoms with van der Waals surface area (Å²) in [6.07, 6.45) is -3.43. The summed E-state index contributed by atoms with van der Waals surface area (Å²) in [6, 6.07) is 6.86. The van der Waals surface area contributed by atoms with E-state index in [1.54, 1.807) is 24.3 Å². The number of ketones is 1. The Bertz CT molecular complexity index is 415. The van der Waals surface area contributed by atoms with Gasteiger partial charge in [0.05, 0.1) is 5.69 Å². The summed E-state index contributed by atoms with van der Waals surface area (Å²) < 4.78 is 36.1. The molecule has 0 aromatic heterocycles. The number of nitrogens with one attached hydrogen (secondary N) is 1. The van der Waals surface area contributed by atoms with E-state index in [-0.39, 0.29) is 0 Å². The first-order valence-electron chi connectivity index (χ1n) is 4.20. The summed E-state index contributed by atoms with van der Waals surface area (Å²) >= 11 is 3.20. The highest BCUT2D eigenvalue weighted by molar-refractivity contribution is 9.10. The highest BCUT2D eigenvalue weighted by atomic mass is 79.9. The lowest BCUT2D eigenvalue weighted by molar-refractivity contribution is -0.165. The zero-order valence-corrected chi connectivity index (χ0v) is 9.47. The Kier molecular flexibility index (Phi) is 4.12. The van der Waals surface area contributed by atoms with Gasteiger partial charge in [-0.15, -0.1) is 0 Å². The topological polar surface area (TPSA) is 29.1 Å². The Hall–Kier alpha value is -1.30. The van der Waals surface area contributed by atoms with Crippen molar-refractivity contribution in [2.24, 2.45) is 0 Å². The quantitative estimate of drug-likeness (QED) is 0.864. The van der Waals surface area contributed by atoms with E-state index in [1.807, 2.05) is 0 Å². The molecule has 0 aliphatic heterocycles. The minimum atomic E-state index is -4.83. The van der Waals surface area contributed by atoms with Gasteiger partial charge in [-0.3, -0.25) is 4.79 Å². The smallest absolute Gasteiger partial charge is 0.361 e. The summed E-state index contributed by atoms with van der Waals surface area (Å²) in [5, 5.41) is 2.57. The summed E-state index contributed by atoms with van der Waals surface area (Å²) in [4.78, 5) is 10.5. The van der Waals surface area contributed by atoms with E-state index in [0.717, 1.165) is 6.20 Å². The van der Waals surface area contributed by atoms with Crippen LogP contribution in [-0.4, -0.2) is 12.0 Å². The molecule has 86 valence electrons. The number of carbonyl (C=O) groups is 1. The largest absolute Gasteiger partial charge is 0.454 e. The van der Waals surface area contributed by atoms with Gasteiger partial charge in [0.15, 0.2) is 0 Å². The second-order valence-corrected chi connectivity index (χ2v) is 3.67. The fraction of sp³-hybridized carbons (Fsp3) is 0.100. The van der Waals surface area contributed by atoms with Gasteiger partial charge < -0.3 is 5.32 Å². The number of alkyl halides is 3. The van der Waals surface area contributed by atoms with Gasteiger partial charge in [0.1, 0.15) is 0 Å². The Morgan fingerprint density at radius 2 is 1.94 bits per heavy atom. The van der Waals surface area contributed by atoms with Gasteiger partial charge in [-0.1, -0.05) is 12.1 Å². The van der Waals surface area contributed by atoms with Crippen molar-refractivity contribution >= 4 is 27.4 Å². The zero-order chi connectivity index (χ0) is 12.2. The van der Waals surface area contributed by atoms with Gasteiger partial charge in [0, 0.05) is 16.7 Å². The molecule has 16 heavy (non-hydrogen) atoms. The van der Waals surface area contributed by atoms with Gasteiger partial charge in [0.2, 0.25) is 0 Å². The van der Waals surface area contributed by atoms with Crippen LogP contribution >= 0.6 is 15.9 Å². The minimum Gasteiger partial charge on any atom is -0.361 e. The molecule has 0 aliphatic carbocycles. The minimum absolute atomic E-state index is 0.444. The van der Waals surface area contributed by atoms with Crippen LogP contribution in [0, 0.1) is 0 Å². The first-order valence-corrected chi connectivity index (χ1v) is 4.99. The standard InChI is InChI=1S/C10H7BrF3NO/c11-7-3-1-2-4-8(7)15-6-5-9(16)10(12,13)14/h1-6,15H. The Morgan fingerprint density at radius 1 is 1.31 bits per heavy atom. The van der Waals surface area contributed by atoms with E-state index < -0.39 is 12.0 Å². The van der Waals surface area contributed by atoms with Crippen LogP contribution in [-0.2, 0) is 4.79 Å². The van der Waals surface area contributed by atoms with Crippen molar-refractivity contribution in [3.8, 4) is 0 Å². The molecule has 0 unspecified atom stereocenters. The van der Waals surface area contributed by atoms with E-state index >= 15 is 0 Å². The van der Waals surface area contributed by atoms with Crippen LogP contribution in [0.3, 0.4) is 0 Å². The number of carbonyl (C=O) groups excluding carboxylic acids is 1. The predicted molar refractivity (Wildman–Crippen MR) is 58.0 cm³/mol. The van der Waals surface area contributed by atoms with Crippen LogP contribution in [0.15, 0.2) is 41.0 Å². The molecule has 0 saturated carbocycles. The lowest BCUT2D eigenvalue weighted by atomic mass is 10.3. The maximum atomic E-state index is 11.8. The number of allylic oxidation sites excluding steroid dienone is 1. The Balaban J connectivity index is 2.62. The molecule has 0 heterocycles. The maximum absolute atomic E-state index is 11.8. The highest BCUT2D eigenvalue weighted by Crippen LogP contribution is 2.21. The Morgan fingerprint density at radius 3 is 2.50 bits per heavy atom. The molecule has 6 heteroatoms. The SMILES string of the molecule is O=C(C=CNc1ccccc1Br)C(F)(F)F. The van der Waals surface area contributed by atoms with Crippen LogP contribution in [0.25, 0.3) is 0 Å². The number of benzene rings is 1. The average Bonchev–Trinajstić information content (AvgIpc) is 2.19. The Labute approximate surface area is 98.3 Å². The third kappa shape index (κ3) is 3.69. The molecule has 1 aromatic carbocycles. The first-order chi connectivity index (χ1) is 7.41. The average molecular weight is 294 g/mol. The van der Waals surface area contributed by atoms with Gasteiger partial charge in [0.25, 0.3) is 5.78 Å². The lowest BCUT2D eigenvalue weighted by Crippen LogP contribution is -2.20. The summed E-state index contributed by atoms with van der Waals surface area (Å²) in [5.74, 6) is -1.90. The van der Waals surface area contributed by atoms with Crippen molar-refractivity contribution in [1.29, 1.82) is 0 Å². The van der Waals surface area contributed by atoms with E-state index in [4.69, 9.17) is 0 Å². The fourth-order valence-corrected chi connectivity index (χ4v) is 1.28. The number of hydrogen-bond acceptors (Lipinski definition) is 2. The van der Waals surface area contributed by atoms with Crippen LogP contribution < -0.4 is 5.32 Å². The van der Waals surface area contributed by atoms with Crippen LogP contribution in [0.5, 0.6) is 0 Å².